The van der Waals surface area contributed by atoms with Crippen LogP contribution < -0.4 is 0 Å². The number of hydrogen-bond donors (Lipinski definition) is 2. The Morgan fingerprint density at radius 2 is 1.79 bits per heavy atom. The van der Waals surface area contributed by atoms with E-state index in [2.05, 4.69) is 13.8 Å². The third-order valence-electron chi connectivity index (χ3n) is 7.10. The van der Waals surface area contributed by atoms with Gasteiger partial charge in [-0.05, 0) is 43.1 Å². The molecule has 5 unspecified atom stereocenters. The van der Waals surface area contributed by atoms with Crippen molar-refractivity contribution < 1.29 is 29.3 Å². The summed E-state index contributed by atoms with van der Waals surface area (Å²) in [4.78, 5) is 37.3. The number of aliphatic carboxylic acids is 2. The fourth-order valence-electron chi connectivity index (χ4n) is 5.26. The largest absolute Gasteiger partial charge is 0.481 e. The maximum atomic E-state index is 13.4. The fraction of sp³-hybridized carbons (Fsp3) is 0.667. The van der Waals surface area contributed by atoms with Crippen molar-refractivity contribution in [3.05, 3.63) is 35.9 Å². The van der Waals surface area contributed by atoms with Gasteiger partial charge in [0.15, 0.2) is 0 Å². The van der Waals surface area contributed by atoms with Crippen LogP contribution in [0.4, 0.5) is 0 Å². The Morgan fingerprint density at radius 1 is 1.09 bits per heavy atom. The van der Waals surface area contributed by atoms with Crippen molar-refractivity contribution in [2.45, 2.75) is 90.6 Å². The fourth-order valence-corrected chi connectivity index (χ4v) is 5.26. The first-order chi connectivity index (χ1) is 15.7. The molecule has 0 amide bonds. The summed E-state index contributed by atoms with van der Waals surface area (Å²) in [6.07, 6.45) is 6.01. The van der Waals surface area contributed by atoms with Crippen LogP contribution in [-0.2, 0) is 25.5 Å². The van der Waals surface area contributed by atoms with Crippen LogP contribution in [0.2, 0.25) is 0 Å². The SMILES string of the molecule is CCCCC(CC)CC(CC(=O)O)(Cc1ccccc1)OC(=O)C1CCC(C)CC1C(=O)O. The van der Waals surface area contributed by atoms with Crippen molar-refractivity contribution >= 4 is 17.9 Å². The zero-order valence-electron chi connectivity index (χ0n) is 20.3. The summed E-state index contributed by atoms with van der Waals surface area (Å²) >= 11 is 0. The molecule has 184 valence electrons. The number of rotatable bonds is 13. The lowest BCUT2D eigenvalue weighted by Crippen LogP contribution is -2.45. The van der Waals surface area contributed by atoms with Crippen molar-refractivity contribution in [3.8, 4) is 0 Å². The van der Waals surface area contributed by atoms with Crippen LogP contribution in [0.15, 0.2) is 30.3 Å². The van der Waals surface area contributed by atoms with Crippen LogP contribution in [0, 0.1) is 23.7 Å². The molecule has 0 radical (unpaired) electrons. The number of unbranched alkanes of at least 4 members (excludes halogenated alkanes) is 1. The Balaban J connectivity index is 2.38. The Hall–Kier alpha value is -2.37. The van der Waals surface area contributed by atoms with Gasteiger partial charge in [0.25, 0.3) is 0 Å². The molecule has 1 aliphatic rings. The van der Waals surface area contributed by atoms with Crippen LogP contribution in [0.1, 0.15) is 84.1 Å². The predicted octanol–water partition coefficient (Wildman–Crippen LogP) is 5.73. The highest BCUT2D eigenvalue weighted by Gasteiger charge is 2.44. The molecule has 0 aliphatic heterocycles. The van der Waals surface area contributed by atoms with Crippen molar-refractivity contribution in [1.29, 1.82) is 0 Å². The molecule has 2 rings (SSSR count). The highest BCUT2D eigenvalue weighted by molar-refractivity contribution is 5.82. The molecular weight excluding hydrogens is 420 g/mol. The van der Waals surface area contributed by atoms with Gasteiger partial charge < -0.3 is 14.9 Å². The van der Waals surface area contributed by atoms with Gasteiger partial charge in [-0.2, -0.15) is 0 Å². The summed E-state index contributed by atoms with van der Waals surface area (Å²) in [5.41, 5.74) is -0.297. The molecule has 0 spiro atoms. The Morgan fingerprint density at radius 3 is 2.36 bits per heavy atom. The number of carbonyl (C=O) groups excluding carboxylic acids is 1. The zero-order valence-corrected chi connectivity index (χ0v) is 20.3. The minimum Gasteiger partial charge on any atom is -0.481 e. The third kappa shape index (κ3) is 8.17. The van der Waals surface area contributed by atoms with E-state index in [1.165, 1.54) is 0 Å². The van der Waals surface area contributed by atoms with E-state index in [0.29, 0.717) is 25.7 Å². The van der Waals surface area contributed by atoms with Crippen molar-refractivity contribution in [1.82, 2.24) is 0 Å². The summed E-state index contributed by atoms with van der Waals surface area (Å²) in [6.45, 7) is 6.21. The van der Waals surface area contributed by atoms with Crippen LogP contribution in [-0.4, -0.2) is 33.7 Å². The van der Waals surface area contributed by atoms with Crippen LogP contribution in [0.5, 0.6) is 0 Å². The quantitative estimate of drug-likeness (QED) is 0.365. The van der Waals surface area contributed by atoms with Gasteiger partial charge in [0.2, 0.25) is 0 Å². The predicted molar refractivity (Wildman–Crippen MR) is 127 cm³/mol. The highest BCUT2D eigenvalue weighted by atomic mass is 16.6. The second-order valence-corrected chi connectivity index (χ2v) is 9.93. The van der Waals surface area contributed by atoms with Gasteiger partial charge in [0.05, 0.1) is 18.3 Å². The molecule has 33 heavy (non-hydrogen) atoms. The van der Waals surface area contributed by atoms with E-state index in [4.69, 9.17) is 4.74 Å². The molecule has 2 N–H and O–H groups in total. The maximum Gasteiger partial charge on any atom is 0.310 e. The molecule has 0 saturated heterocycles. The van der Waals surface area contributed by atoms with E-state index in [1.54, 1.807) is 0 Å². The summed E-state index contributed by atoms with van der Waals surface area (Å²) in [5, 5.41) is 19.5. The molecule has 6 nitrogen and oxygen atoms in total. The Labute approximate surface area is 197 Å². The average Bonchev–Trinajstić information content (AvgIpc) is 2.76. The summed E-state index contributed by atoms with van der Waals surface area (Å²) in [6, 6.07) is 9.50. The van der Waals surface area contributed by atoms with E-state index in [9.17, 15) is 24.6 Å². The first-order valence-electron chi connectivity index (χ1n) is 12.4. The van der Waals surface area contributed by atoms with E-state index in [1.807, 2.05) is 37.3 Å². The molecule has 5 atom stereocenters. The lowest BCUT2D eigenvalue weighted by molar-refractivity contribution is -0.178. The molecule has 6 heteroatoms. The third-order valence-corrected chi connectivity index (χ3v) is 7.10. The topological polar surface area (TPSA) is 101 Å². The van der Waals surface area contributed by atoms with Gasteiger partial charge in [-0.1, -0.05) is 76.8 Å². The van der Waals surface area contributed by atoms with E-state index >= 15 is 0 Å². The highest BCUT2D eigenvalue weighted by Crippen LogP contribution is 2.39. The normalized spacial score (nSPS) is 23.3. The second-order valence-electron chi connectivity index (χ2n) is 9.93. The molecule has 1 fully saturated rings. The van der Waals surface area contributed by atoms with Gasteiger partial charge in [0, 0.05) is 6.42 Å². The van der Waals surface area contributed by atoms with Gasteiger partial charge in [0.1, 0.15) is 5.60 Å². The maximum absolute atomic E-state index is 13.4. The zero-order chi connectivity index (χ0) is 24.4. The molecular formula is C27H40O6. The van der Waals surface area contributed by atoms with Gasteiger partial charge in [-0.25, -0.2) is 0 Å². The number of carboxylic acid groups (broad SMARTS) is 2. The lowest BCUT2D eigenvalue weighted by Gasteiger charge is -2.38. The standard InChI is InChI=1S/C27H40O6/c1-4-6-10-20(5-2)16-27(18-24(28)29,17-21-11-8-7-9-12-21)33-26(32)22-14-13-19(3)15-23(22)25(30)31/h7-9,11-12,19-20,22-23H,4-6,10,13-18H2,1-3H3,(H,28,29)(H,30,31). The van der Waals surface area contributed by atoms with Crippen LogP contribution >= 0.6 is 0 Å². The molecule has 0 bridgehead atoms. The van der Waals surface area contributed by atoms with Gasteiger partial charge in [-0.3, -0.25) is 14.4 Å². The van der Waals surface area contributed by atoms with Crippen molar-refractivity contribution in [3.63, 3.8) is 0 Å². The van der Waals surface area contributed by atoms with Gasteiger partial charge >= 0.3 is 17.9 Å². The molecule has 0 aromatic heterocycles. The average molecular weight is 461 g/mol. The minimum atomic E-state index is -1.20. The summed E-state index contributed by atoms with van der Waals surface area (Å²) in [5.74, 6) is -3.62. The van der Waals surface area contributed by atoms with Gasteiger partial charge in [-0.15, -0.1) is 0 Å². The van der Waals surface area contributed by atoms with Crippen LogP contribution in [0.3, 0.4) is 0 Å². The lowest BCUT2D eigenvalue weighted by atomic mass is 9.74. The summed E-state index contributed by atoms with van der Waals surface area (Å²) < 4.78 is 6.14. The first-order valence-corrected chi connectivity index (χ1v) is 12.4. The molecule has 1 aliphatic carbocycles. The van der Waals surface area contributed by atoms with Crippen molar-refractivity contribution in [2.24, 2.45) is 23.7 Å². The van der Waals surface area contributed by atoms with Crippen LogP contribution in [0.25, 0.3) is 0 Å². The van der Waals surface area contributed by atoms with Crippen molar-refractivity contribution in [2.75, 3.05) is 0 Å². The number of hydrogen-bond acceptors (Lipinski definition) is 4. The smallest absolute Gasteiger partial charge is 0.310 e. The minimum absolute atomic E-state index is 0.225. The number of esters is 1. The van der Waals surface area contributed by atoms with E-state index in [0.717, 1.165) is 37.7 Å². The first kappa shape index (κ1) is 26.9. The van der Waals surface area contributed by atoms with E-state index in [-0.39, 0.29) is 18.3 Å². The number of ether oxygens (including phenoxy) is 1. The second kappa shape index (κ2) is 12.8. The monoisotopic (exact) mass is 460 g/mol. The summed E-state index contributed by atoms with van der Waals surface area (Å²) in [7, 11) is 0. The number of carbonyl (C=O) groups is 3. The number of benzene rings is 1. The molecule has 0 heterocycles. The van der Waals surface area contributed by atoms with E-state index < -0.39 is 35.3 Å². The Kier molecular flexibility index (Phi) is 10.4. The molecule has 1 aromatic rings. The molecule has 1 aromatic carbocycles. The Bertz CT molecular complexity index is 776. The molecule has 1 saturated carbocycles. The number of carboxylic acids is 2.